The number of rotatable bonds is 7. The molecule has 0 saturated carbocycles. The Hall–Kier alpha value is -2.78. The molecule has 0 aliphatic heterocycles. The van der Waals surface area contributed by atoms with E-state index in [9.17, 15) is 23.3 Å². The minimum absolute atomic E-state index is 0.213. The van der Waals surface area contributed by atoms with Crippen molar-refractivity contribution < 1.29 is 22.9 Å². The highest BCUT2D eigenvalue weighted by molar-refractivity contribution is 7.89. The Bertz CT molecular complexity index is 944. The van der Waals surface area contributed by atoms with E-state index in [1.807, 2.05) is 0 Å². The second-order valence-electron chi connectivity index (χ2n) is 6.03. The number of benzene rings is 2. The van der Waals surface area contributed by atoms with E-state index in [4.69, 9.17) is 4.74 Å². The molecule has 144 valence electrons. The Morgan fingerprint density at radius 3 is 2.37 bits per heavy atom. The lowest BCUT2D eigenvalue weighted by Gasteiger charge is -2.24. The number of nitrogens with one attached hydrogen (secondary N) is 1. The van der Waals surface area contributed by atoms with Gasteiger partial charge in [-0.3, -0.25) is 14.9 Å². The van der Waals surface area contributed by atoms with Gasteiger partial charge in [-0.15, -0.1) is 0 Å². The molecule has 27 heavy (non-hydrogen) atoms. The van der Waals surface area contributed by atoms with E-state index >= 15 is 0 Å². The number of carbonyl (C=O) groups excluding carboxylic acids is 1. The van der Waals surface area contributed by atoms with E-state index in [0.29, 0.717) is 11.1 Å². The van der Waals surface area contributed by atoms with Crippen LogP contribution in [0.25, 0.3) is 0 Å². The molecular weight excluding hydrogens is 372 g/mol. The number of nitrogens with zero attached hydrogens (tertiary/aromatic N) is 1. The van der Waals surface area contributed by atoms with E-state index in [-0.39, 0.29) is 10.6 Å². The summed E-state index contributed by atoms with van der Waals surface area (Å²) in [5.74, 6) is -1.39. The zero-order chi connectivity index (χ0) is 20.2. The zero-order valence-corrected chi connectivity index (χ0v) is 15.9. The van der Waals surface area contributed by atoms with Gasteiger partial charge in [-0.25, -0.2) is 13.1 Å². The Balaban J connectivity index is 2.49. The lowest BCUT2D eigenvalue weighted by molar-refractivity contribution is -0.385. The van der Waals surface area contributed by atoms with Gasteiger partial charge in [-0.05, 0) is 18.1 Å². The molecule has 0 heterocycles. The highest BCUT2D eigenvalue weighted by atomic mass is 32.2. The molecule has 1 N–H and O–H groups in total. The van der Waals surface area contributed by atoms with Gasteiger partial charge in [0.05, 0.1) is 28.9 Å². The van der Waals surface area contributed by atoms with Crippen LogP contribution in [0.15, 0.2) is 53.4 Å². The molecular formula is C18H20N2O6S. The monoisotopic (exact) mass is 392 g/mol. The number of non-ortho nitro benzene ring substituents is 1. The van der Waals surface area contributed by atoms with Gasteiger partial charge < -0.3 is 4.74 Å². The SMILES string of the molecule is COC(=O)[C@@H](C)[C@@H](NS(=O)(=O)c1cc([N+](=O)[O-])ccc1C)c1ccccc1. The molecule has 0 fully saturated rings. The Labute approximate surface area is 157 Å². The predicted molar refractivity (Wildman–Crippen MR) is 98.5 cm³/mol. The Kier molecular flexibility index (Phi) is 6.29. The van der Waals surface area contributed by atoms with Crippen LogP contribution < -0.4 is 4.72 Å². The molecule has 0 bridgehead atoms. The van der Waals surface area contributed by atoms with Gasteiger partial charge in [-0.2, -0.15) is 0 Å². The molecule has 0 radical (unpaired) electrons. The number of nitro groups is 1. The van der Waals surface area contributed by atoms with E-state index < -0.39 is 32.9 Å². The van der Waals surface area contributed by atoms with Crippen molar-refractivity contribution in [3.05, 3.63) is 69.8 Å². The van der Waals surface area contributed by atoms with Crippen LogP contribution >= 0.6 is 0 Å². The summed E-state index contributed by atoms with van der Waals surface area (Å²) in [6.45, 7) is 3.09. The van der Waals surface area contributed by atoms with E-state index in [1.165, 1.54) is 19.2 Å². The molecule has 2 atom stereocenters. The maximum absolute atomic E-state index is 12.9. The topological polar surface area (TPSA) is 116 Å². The molecule has 0 unspecified atom stereocenters. The summed E-state index contributed by atoms with van der Waals surface area (Å²) in [4.78, 5) is 22.1. The third-order valence-corrected chi connectivity index (χ3v) is 5.77. The third-order valence-electron chi connectivity index (χ3n) is 4.19. The third kappa shape index (κ3) is 4.69. The molecule has 0 amide bonds. The fourth-order valence-corrected chi connectivity index (χ4v) is 4.23. The summed E-state index contributed by atoms with van der Waals surface area (Å²) in [6, 6.07) is 11.3. The first-order valence-electron chi connectivity index (χ1n) is 8.07. The molecule has 0 aliphatic rings. The quantitative estimate of drug-likeness (QED) is 0.440. The summed E-state index contributed by atoms with van der Waals surface area (Å²) < 4.78 is 33.1. The standard InChI is InChI=1S/C18H20N2O6S/c1-12-9-10-15(20(22)23)11-16(12)27(24,25)19-17(13(2)18(21)26-3)14-7-5-4-6-8-14/h4-11,13,17,19H,1-3H3/t13-,17+/m0/s1. The van der Waals surface area contributed by atoms with E-state index in [0.717, 1.165) is 6.07 Å². The number of ether oxygens (including phenoxy) is 1. The number of hydrogen-bond acceptors (Lipinski definition) is 6. The van der Waals surface area contributed by atoms with Gasteiger partial charge in [0.2, 0.25) is 10.0 Å². The summed E-state index contributed by atoms with van der Waals surface area (Å²) in [5, 5.41) is 11.0. The number of sulfonamides is 1. The minimum Gasteiger partial charge on any atom is -0.469 e. The smallest absolute Gasteiger partial charge is 0.310 e. The van der Waals surface area contributed by atoms with Crippen LogP contribution in [0, 0.1) is 23.0 Å². The molecule has 8 nitrogen and oxygen atoms in total. The van der Waals surface area contributed by atoms with Crippen molar-refractivity contribution in [2.75, 3.05) is 7.11 Å². The first-order valence-corrected chi connectivity index (χ1v) is 9.56. The van der Waals surface area contributed by atoms with Crippen LogP contribution in [0.5, 0.6) is 0 Å². The lowest BCUT2D eigenvalue weighted by atomic mass is 9.95. The van der Waals surface area contributed by atoms with Crippen molar-refractivity contribution >= 4 is 21.7 Å². The van der Waals surface area contributed by atoms with Crippen molar-refractivity contribution in [3.63, 3.8) is 0 Å². The van der Waals surface area contributed by atoms with Crippen LogP contribution in [-0.2, 0) is 19.6 Å². The molecule has 2 aromatic carbocycles. The van der Waals surface area contributed by atoms with Crippen LogP contribution in [0.3, 0.4) is 0 Å². The molecule has 2 aromatic rings. The number of aryl methyl sites for hydroxylation is 1. The van der Waals surface area contributed by atoms with Gasteiger partial charge in [0, 0.05) is 12.1 Å². The average molecular weight is 392 g/mol. The van der Waals surface area contributed by atoms with Gasteiger partial charge in [0.15, 0.2) is 0 Å². The molecule has 2 rings (SSSR count). The van der Waals surface area contributed by atoms with Crippen molar-refractivity contribution in [1.29, 1.82) is 0 Å². The Morgan fingerprint density at radius 1 is 1.19 bits per heavy atom. The summed E-state index contributed by atoms with van der Waals surface area (Å²) in [6.07, 6.45) is 0. The van der Waals surface area contributed by atoms with Gasteiger partial charge in [-0.1, -0.05) is 43.3 Å². The highest BCUT2D eigenvalue weighted by Gasteiger charge is 2.32. The molecule has 0 aromatic heterocycles. The number of carbonyl (C=O) groups is 1. The van der Waals surface area contributed by atoms with E-state index in [2.05, 4.69) is 4.72 Å². The van der Waals surface area contributed by atoms with Crippen molar-refractivity contribution in [3.8, 4) is 0 Å². The minimum atomic E-state index is -4.14. The molecule has 0 saturated heterocycles. The van der Waals surface area contributed by atoms with Crippen LogP contribution in [0.4, 0.5) is 5.69 Å². The maximum Gasteiger partial charge on any atom is 0.310 e. The van der Waals surface area contributed by atoms with E-state index in [1.54, 1.807) is 44.2 Å². The normalized spacial score (nSPS) is 13.6. The lowest BCUT2D eigenvalue weighted by Crippen LogP contribution is -2.36. The summed E-state index contributed by atoms with van der Waals surface area (Å²) >= 11 is 0. The molecule has 0 aliphatic carbocycles. The van der Waals surface area contributed by atoms with Crippen LogP contribution in [0.2, 0.25) is 0 Å². The van der Waals surface area contributed by atoms with Crippen molar-refractivity contribution in [2.24, 2.45) is 5.92 Å². The summed E-state index contributed by atoms with van der Waals surface area (Å²) in [7, 11) is -2.92. The second-order valence-corrected chi connectivity index (χ2v) is 7.71. The molecule has 9 heteroatoms. The largest absolute Gasteiger partial charge is 0.469 e. The van der Waals surface area contributed by atoms with Crippen LogP contribution in [0.1, 0.15) is 24.1 Å². The summed E-state index contributed by atoms with van der Waals surface area (Å²) in [5.41, 5.74) is 0.589. The first-order chi connectivity index (χ1) is 12.7. The van der Waals surface area contributed by atoms with Crippen LogP contribution in [-0.4, -0.2) is 26.4 Å². The first kappa shape index (κ1) is 20.5. The number of nitro benzene ring substituents is 1. The number of esters is 1. The van der Waals surface area contributed by atoms with Crippen molar-refractivity contribution in [2.45, 2.75) is 24.8 Å². The average Bonchev–Trinajstić information content (AvgIpc) is 2.65. The maximum atomic E-state index is 12.9. The van der Waals surface area contributed by atoms with Gasteiger partial charge in [0.25, 0.3) is 5.69 Å². The fraction of sp³-hybridized carbons (Fsp3) is 0.278. The number of methoxy groups -OCH3 is 1. The molecule has 0 spiro atoms. The highest BCUT2D eigenvalue weighted by Crippen LogP contribution is 2.28. The fourth-order valence-electron chi connectivity index (χ4n) is 2.66. The van der Waals surface area contributed by atoms with Gasteiger partial charge in [0.1, 0.15) is 0 Å². The van der Waals surface area contributed by atoms with Crippen molar-refractivity contribution in [1.82, 2.24) is 4.72 Å². The van der Waals surface area contributed by atoms with Gasteiger partial charge >= 0.3 is 5.97 Å². The predicted octanol–water partition coefficient (Wildman–Crippen LogP) is 2.73. The second kappa shape index (κ2) is 8.28. The zero-order valence-electron chi connectivity index (χ0n) is 15.1. The Morgan fingerprint density at radius 2 is 1.81 bits per heavy atom. The number of hydrogen-bond donors (Lipinski definition) is 1.